The van der Waals surface area contributed by atoms with Gasteiger partial charge in [0.05, 0.1) is 5.69 Å². The van der Waals surface area contributed by atoms with Crippen LogP contribution in [0.5, 0.6) is 0 Å². The molecule has 0 aromatic carbocycles. The zero-order valence-corrected chi connectivity index (χ0v) is 13.9. The number of nitrogens with zero attached hydrogens (tertiary/aromatic N) is 2. The van der Waals surface area contributed by atoms with E-state index in [9.17, 15) is 0 Å². The third kappa shape index (κ3) is 5.66. The minimum atomic E-state index is 0.481. The summed E-state index contributed by atoms with van der Waals surface area (Å²) in [7, 11) is 2.02. The summed E-state index contributed by atoms with van der Waals surface area (Å²) < 4.78 is 1.96. The van der Waals surface area contributed by atoms with E-state index in [2.05, 4.69) is 37.4 Å². The van der Waals surface area contributed by atoms with Gasteiger partial charge in [0.15, 0.2) is 0 Å². The molecule has 1 atom stereocenters. The second-order valence-corrected chi connectivity index (χ2v) is 5.73. The van der Waals surface area contributed by atoms with E-state index in [-0.39, 0.29) is 0 Å². The molecule has 0 aliphatic heterocycles. The number of rotatable bonds is 11. The van der Waals surface area contributed by atoms with Gasteiger partial charge in [-0.1, -0.05) is 59.3 Å². The maximum absolute atomic E-state index is 4.58. The van der Waals surface area contributed by atoms with Gasteiger partial charge >= 0.3 is 0 Å². The molecular weight excluding hydrogens is 246 g/mol. The number of hydrogen-bond donors (Lipinski definition) is 1. The van der Waals surface area contributed by atoms with E-state index in [0.717, 1.165) is 13.0 Å². The average Bonchev–Trinajstić information content (AvgIpc) is 2.82. The molecule has 0 radical (unpaired) electrons. The van der Waals surface area contributed by atoms with E-state index in [1.165, 1.54) is 56.2 Å². The van der Waals surface area contributed by atoms with Crippen molar-refractivity contribution in [2.24, 2.45) is 7.05 Å². The summed E-state index contributed by atoms with van der Waals surface area (Å²) in [5.74, 6) is 0. The van der Waals surface area contributed by atoms with Crippen LogP contribution in [0.15, 0.2) is 6.20 Å². The Morgan fingerprint density at radius 1 is 1.10 bits per heavy atom. The molecule has 1 N–H and O–H groups in total. The average molecular weight is 279 g/mol. The highest BCUT2D eigenvalue weighted by molar-refractivity contribution is 5.21. The molecule has 0 aliphatic rings. The lowest BCUT2D eigenvalue weighted by molar-refractivity contribution is 0.474. The van der Waals surface area contributed by atoms with Crippen LogP contribution in [-0.2, 0) is 13.5 Å². The van der Waals surface area contributed by atoms with Gasteiger partial charge in [-0.05, 0) is 19.4 Å². The third-order valence-electron chi connectivity index (χ3n) is 3.94. The number of nitrogens with one attached hydrogen (secondary N) is 1. The molecule has 116 valence electrons. The molecule has 20 heavy (non-hydrogen) atoms. The zero-order chi connectivity index (χ0) is 14.8. The van der Waals surface area contributed by atoms with Crippen molar-refractivity contribution in [1.82, 2.24) is 15.1 Å². The number of hydrogen-bond acceptors (Lipinski definition) is 2. The molecule has 1 rings (SSSR count). The fraction of sp³-hybridized carbons (Fsp3) is 0.824. The highest BCUT2D eigenvalue weighted by Crippen LogP contribution is 2.23. The van der Waals surface area contributed by atoms with E-state index in [1.54, 1.807) is 0 Å². The van der Waals surface area contributed by atoms with Crippen molar-refractivity contribution in [3.8, 4) is 0 Å². The van der Waals surface area contributed by atoms with E-state index in [0.29, 0.717) is 6.04 Å². The Kier molecular flexibility index (Phi) is 8.59. The standard InChI is InChI=1S/C17H33N3/c1-5-8-9-10-11-12-13-17(18-7-3)15-14-20(4)19-16(15)6-2/h14,17-18H,5-13H2,1-4H3. The quantitative estimate of drug-likeness (QED) is 0.609. The molecule has 1 aromatic heterocycles. The Balaban J connectivity index is 2.47. The van der Waals surface area contributed by atoms with Crippen LogP contribution < -0.4 is 5.32 Å². The zero-order valence-electron chi connectivity index (χ0n) is 13.9. The monoisotopic (exact) mass is 279 g/mol. The maximum atomic E-state index is 4.58. The van der Waals surface area contributed by atoms with Gasteiger partial charge in [0, 0.05) is 24.8 Å². The topological polar surface area (TPSA) is 29.9 Å². The van der Waals surface area contributed by atoms with Crippen LogP contribution in [0.2, 0.25) is 0 Å². The molecule has 0 spiro atoms. The van der Waals surface area contributed by atoms with Gasteiger partial charge in [-0.3, -0.25) is 4.68 Å². The maximum Gasteiger partial charge on any atom is 0.0669 e. The summed E-state index contributed by atoms with van der Waals surface area (Å²) in [5, 5.41) is 8.21. The number of unbranched alkanes of at least 4 members (excludes halogenated alkanes) is 5. The minimum absolute atomic E-state index is 0.481. The summed E-state index contributed by atoms with van der Waals surface area (Å²) >= 11 is 0. The second kappa shape index (κ2) is 9.98. The lowest BCUT2D eigenvalue weighted by Crippen LogP contribution is -2.21. The molecule has 0 bridgehead atoms. The predicted molar refractivity (Wildman–Crippen MR) is 87.0 cm³/mol. The summed E-state index contributed by atoms with van der Waals surface area (Å²) in [4.78, 5) is 0. The molecule has 3 nitrogen and oxygen atoms in total. The first-order chi connectivity index (χ1) is 9.72. The molecule has 0 fully saturated rings. The van der Waals surface area contributed by atoms with Crippen LogP contribution in [0.4, 0.5) is 0 Å². The van der Waals surface area contributed by atoms with E-state index < -0.39 is 0 Å². The first-order valence-corrected chi connectivity index (χ1v) is 8.48. The van der Waals surface area contributed by atoms with Gasteiger partial charge in [0.1, 0.15) is 0 Å². The smallest absolute Gasteiger partial charge is 0.0669 e. The summed E-state index contributed by atoms with van der Waals surface area (Å²) in [6.07, 6.45) is 12.6. The molecule has 1 heterocycles. The van der Waals surface area contributed by atoms with Crippen molar-refractivity contribution in [2.75, 3.05) is 6.54 Å². The molecule has 0 aliphatic carbocycles. The Bertz CT molecular complexity index is 357. The van der Waals surface area contributed by atoms with Crippen molar-refractivity contribution in [1.29, 1.82) is 0 Å². The van der Waals surface area contributed by atoms with Gasteiger partial charge in [-0.15, -0.1) is 0 Å². The molecule has 0 saturated heterocycles. The molecule has 1 unspecified atom stereocenters. The number of aromatic nitrogens is 2. The van der Waals surface area contributed by atoms with Crippen LogP contribution >= 0.6 is 0 Å². The van der Waals surface area contributed by atoms with Crippen LogP contribution in [0.25, 0.3) is 0 Å². The van der Waals surface area contributed by atoms with E-state index in [4.69, 9.17) is 0 Å². The van der Waals surface area contributed by atoms with Gasteiger partial charge in [0.25, 0.3) is 0 Å². The Labute approximate surface area is 125 Å². The lowest BCUT2D eigenvalue weighted by atomic mass is 9.99. The van der Waals surface area contributed by atoms with Crippen molar-refractivity contribution >= 4 is 0 Å². The Morgan fingerprint density at radius 3 is 2.45 bits per heavy atom. The van der Waals surface area contributed by atoms with Crippen LogP contribution in [0.1, 0.15) is 83.0 Å². The Hall–Kier alpha value is -0.830. The lowest BCUT2D eigenvalue weighted by Gasteiger charge is -2.17. The minimum Gasteiger partial charge on any atom is -0.310 e. The molecule has 0 saturated carbocycles. The summed E-state index contributed by atoms with van der Waals surface area (Å²) in [6.45, 7) is 7.68. The van der Waals surface area contributed by atoms with Crippen LogP contribution in [-0.4, -0.2) is 16.3 Å². The van der Waals surface area contributed by atoms with Crippen LogP contribution in [0, 0.1) is 0 Å². The van der Waals surface area contributed by atoms with Gasteiger partial charge in [-0.25, -0.2) is 0 Å². The van der Waals surface area contributed by atoms with Gasteiger partial charge in [0.2, 0.25) is 0 Å². The highest BCUT2D eigenvalue weighted by atomic mass is 15.3. The van der Waals surface area contributed by atoms with Crippen molar-refractivity contribution in [3.05, 3.63) is 17.5 Å². The van der Waals surface area contributed by atoms with Crippen molar-refractivity contribution in [3.63, 3.8) is 0 Å². The van der Waals surface area contributed by atoms with Crippen LogP contribution in [0.3, 0.4) is 0 Å². The third-order valence-corrected chi connectivity index (χ3v) is 3.94. The molecular formula is C17H33N3. The Morgan fingerprint density at radius 2 is 1.80 bits per heavy atom. The SMILES string of the molecule is CCCCCCCCC(NCC)c1cn(C)nc1CC. The van der Waals surface area contributed by atoms with Gasteiger partial charge < -0.3 is 5.32 Å². The molecule has 1 aromatic rings. The summed E-state index contributed by atoms with van der Waals surface area (Å²) in [6, 6.07) is 0.481. The molecule has 0 amide bonds. The van der Waals surface area contributed by atoms with Crippen molar-refractivity contribution < 1.29 is 0 Å². The van der Waals surface area contributed by atoms with Crippen molar-refractivity contribution in [2.45, 2.75) is 78.2 Å². The largest absolute Gasteiger partial charge is 0.310 e. The first-order valence-electron chi connectivity index (χ1n) is 8.48. The predicted octanol–water partition coefficient (Wildman–Crippen LogP) is 4.38. The van der Waals surface area contributed by atoms with Gasteiger partial charge in [-0.2, -0.15) is 5.10 Å². The second-order valence-electron chi connectivity index (χ2n) is 5.73. The first kappa shape index (κ1) is 17.2. The fourth-order valence-electron chi connectivity index (χ4n) is 2.86. The normalized spacial score (nSPS) is 12.8. The number of aryl methyl sites for hydroxylation is 2. The van der Waals surface area contributed by atoms with E-state index >= 15 is 0 Å². The summed E-state index contributed by atoms with van der Waals surface area (Å²) in [5.41, 5.74) is 2.66. The fourth-order valence-corrected chi connectivity index (χ4v) is 2.86. The molecule has 3 heteroatoms. The highest BCUT2D eigenvalue weighted by Gasteiger charge is 2.16. The van der Waals surface area contributed by atoms with E-state index in [1.807, 2.05) is 11.7 Å².